The standard InChI is InChI=1S/C16H21N3O3S/c1-2-15-18-13-5-3-4-6-14(13)19(15)10-16(20)17-9-12-7-8-23(21,22)11-12/h3-6,12H,2,7-11H2,1H3,(H,17,20). The van der Waals surface area contributed by atoms with Gasteiger partial charge < -0.3 is 9.88 Å². The zero-order valence-electron chi connectivity index (χ0n) is 13.2. The molecule has 0 bridgehead atoms. The van der Waals surface area contributed by atoms with Crippen LogP contribution in [0.1, 0.15) is 19.2 Å². The van der Waals surface area contributed by atoms with Crippen LogP contribution < -0.4 is 5.32 Å². The van der Waals surface area contributed by atoms with Crippen LogP contribution in [0.4, 0.5) is 0 Å². The summed E-state index contributed by atoms with van der Waals surface area (Å²) in [7, 11) is -2.90. The third kappa shape index (κ3) is 3.55. The monoisotopic (exact) mass is 335 g/mol. The van der Waals surface area contributed by atoms with Crippen LogP contribution in [-0.4, -0.2) is 41.9 Å². The maximum absolute atomic E-state index is 12.2. The molecule has 1 unspecified atom stereocenters. The fourth-order valence-electron chi connectivity index (χ4n) is 3.06. The zero-order valence-corrected chi connectivity index (χ0v) is 14.0. The second-order valence-corrected chi connectivity index (χ2v) is 8.26. The lowest BCUT2D eigenvalue weighted by Gasteiger charge is -2.12. The molecule has 2 heterocycles. The van der Waals surface area contributed by atoms with Crippen molar-refractivity contribution in [1.82, 2.24) is 14.9 Å². The van der Waals surface area contributed by atoms with Gasteiger partial charge in [-0.15, -0.1) is 0 Å². The molecule has 3 rings (SSSR count). The molecule has 23 heavy (non-hydrogen) atoms. The van der Waals surface area contributed by atoms with Crippen molar-refractivity contribution < 1.29 is 13.2 Å². The Labute approximate surface area is 135 Å². The summed E-state index contributed by atoms with van der Waals surface area (Å²) >= 11 is 0. The molecule has 0 aliphatic carbocycles. The first-order valence-electron chi connectivity index (χ1n) is 7.90. The van der Waals surface area contributed by atoms with E-state index in [9.17, 15) is 13.2 Å². The van der Waals surface area contributed by atoms with E-state index < -0.39 is 9.84 Å². The minimum atomic E-state index is -2.90. The number of fused-ring (bicyclic) bond motifs is 1. The van der Waals surface area contributed by atoms with Crippen molar-refractivity contribution in [3.8, 4) is 0 Å². The van der Waals surface area contributed by atoms with E-state index in [2.05, 4.69) is 10.3 Å². The van der Waals surface area contributed by atoms with E-state index in [0.717, 1.165) is 23.3 Å². The van der Waals surface area contributed by atoms with Crippen molar-refractivity contribution in [2.75, 3.05) is 18.1 Å². The smallest absolute Gasteiger partial charge is 0.240 e. The fraction of sp³-hybridized carbons (Fsp3) is 0.500. The van der Waals surface area contributed by atoms with Crippen LogP contribution in [0.5, 0.6) is 0 Å². The molecule has 1 saturated heterocycles. The number of nitrogens with one attached hydrogen (secondary N) is 1. The van der Waals surface area contributed by atoms with E-state index in [-0.39, 0.29) is 29.9 Å². The van der Waals surface area contributed by atoms with E-state index in [0.29, 0.717) is 13.0 Å². The quantitative estimate of drug-likeness (QED) is 0.889. The Kier molecular flexibility index (Phi) is 4.39. The molecular weight excluding hydrogens is 314 g/mol. The van der Waals surface area contributed by atoms with Crippen LogP contribution >= 0.6 is 0 Å². The number of imidazole rings is 1. The van der Waals surface area contributed by atoms with Crippen molar-refractivity contribution in [3.05, 3.63) is 30.1 Å². The highest BCUT2D eigenvalue weighted by Crippen LogP contribution is 2.18. The van der Waals surface area contributed by atoms with E-state index >= 15 is 0 Å². The van der Waals surface area contributed by atoms with Crippen molar-refractivity contribution in [3.63, 3.8) is 0 Å². The minimum absolute atomic E-state index is 0.0362. The van der Waals surface area contributed by atoms with Gasteiger partial charge in [-0.05, 0) is 24.5 Å². The number of sulfone groups is 1. The highest BCUT2D eigenvalue weighted by atomic mass is 32.2. The molecule has 6 nitrogen and oxygen atoms in total. The van der Waals surface area contributed by atoms with Gasteiger partial charge in [0.1, 0.15) is 12.4 Å². The average molecular weight is 335 g/mol. The summed E-state index contributed by atoms with van der Waals surface area (Å²) in [6.45, 7) is 2.65. The lowest BCUT2D eigenvalue weighted by atomic mass is 10.1. The Hall–Kier alpha value is -1.89. The fourth-order valence-corrected chi connectivity index (χ4v) is 4.92. The second kappa shape index (κ2) is 6.31. The van der Waals surface area contributed by atoms with Crippen LogP contribution in [0.2, 0.25) is 0 Å². The number of carbonyl (C=O) groups is 1. The molecule has 7 heteroatoms. The SMILES string of the molecule is CCc1nc2ccccc2n1CC(=O)NCC1CCS(=O)(=O)C1. The number of para-hydroxylation sites is 2. The Morgan fingerprint density at radius 2 is 2.17 bits per heavy atom. The first kappa shape index (κ1) is 16.0. The molecule has 1 atom stereocenters. The summed E-state index contributed by atoms with van der Waals surface area (Å²) in [5.41, 5.74) is 1.84. The molecule has 1 amide bonds. The van der Waals surface area contributed by atoms with Gasteiger partial charge in [0, 0.05) is 13.0 Å². The zero-order chi connectivity index (χ0) is 16.4. The van der Waals surface area contributed by atoms with E-state index in [4.69, 9.17) is 0 Å². The van der Waals surface area contributed by atoms with Gasteiger partial charge in [0.2, 0.25) is 5.91 Å². The molecule has 1 aromatic carbocycles. The number of nitrogens with zero attached hydrogens (tertiary/aromatic N) is 2. The van der Waals surface area contributed by atoms with Crippen molar-refractivity contribution in [2.24, 2.45) is 5.92 Å². The average Bonchev–Trinajstić information content (AvgIpc) is 3.05. The number of aryl methyl sites for hydroxylation is 1. The molecular formula is C16H21N3O3S. The van der Waals surface area contributed by atoms with Crippen LogP contribution in [0.25, 0.3) is 11.0 Å². The van der Waals surface area contributed by atoms with Gasteiger partial charge >= 0.3 is 0 Å². The normalized spacial score (nSPS) is 20.0. The van der Waals surface area contributed by atoms with E-state index in [1.807, 2.05) is 35.8 Å². The summed E-state index contributed by atoms with van der Waals surface area (Å²) < 4.78 is 24.8. The maximum atomic E-state index is 12.2. The summed E-state index contributed by atoms with van der Waals surface area (Å²) in [6.07, 6.45) is 1.39. The van der Waals surface area contributed by atoms with E-state index in [1.165, 1.54) is 0 Å². The van der Waals surface area contributed by atoms with Crippen molar-refractivity contribution >= 4 is 26.8 Å². The number of benzene rings is 1. The Morgan fingerprint density at radius 3 is 2.87 bits per heavy atom. The molecule has 2 aromatic rings. The molecule has 1 aliphatic rings. The van der Waals surface area contributed by atoms with Gasteiger partial charge in [0.05, 0.1) is 22.5 Å². The number of amides is 1. The second-order valence-electron chi connectivity index (χ2n) is 6.03. The molecule has 1 fully saturated rings. The van der Waals surface area contributed by atoms with Gasteiger partial charge in [0.15, 0.2) is 9.84 Å². The molecule has 0 spiro atoms. The van der Waals surface area contributed by atoms with Crippen LogP contribution in [0.3, 0.4) is 0 Å². The largest absolute Gasteiger partial charge is 0.354 e. The first-order valence-corrected chi connectivity index (χ1v) is 9.72. The Morgan fingerprint density at radius 1 is 1.39 bits per heavy atom. The Balaban J connectivity index is 1.66. The minimum Gasteiger partial charge on any atom is -0.354 e. The lowest BCUT2D eigenvalue weighted by Crippen LogP contribution is -2.32. The number of rotatable bonds is 5. The molecule has 0 radical (unpaired) electrons. The van der Waals surface area contributed by atoms with Crippen LogP contribution in [-0.2, 0) is 27.6 Å². The van der Waals surface area contributed by atoms with Gasteiger partial charge in [0.25, 0.3) is 0 Å². The number of carbonyl (C=O) groups excluding carboxylic acids is 1. The van der Waals surface area contributed by atoms with Gasteiger partial charge in [-0.1, -0.05) is 19.1 Å². The number of hydrogen-bond donors (Lipinski definition) is 1. The molecule has 1 aromatic heterocycles. The first-order chi connectivity index (χ1) is 11.0. The highest BCUT2D eigenvalue weighted by Gasteiger charge is 2.28. The summed E-state index contributed by atoms with van der Waals surface area (Å²) in [4.78, 5) is 16.8. The Bertz CT molecular complexity index is 826. The summed E-state index contributed by atoms with van der Waals surface area (Å²) in [5.74, 6) is 1.23. The van der Waals surface area contributed by atoms with Crippen molar-refractivity contribution in [1.29, 1.82) is 0 Å². The molecule has 0 saturated carbocycles. The van der Waals surface area contributed by atoms with Crippen LogP contribution in [0.15, 0.2) is 24.3 Å². The summed E-state index contributed by atoms with van der Waals surface area (Å²) in [5, 5.41) is 2.86. The summed E-state index contributed by atoms with van der Waals surface area (Å²) in [6, 6.07) is 7.76. The topological polar surface area (TPSA) is 81.1 Å². The van der Waals surface area contributed by atoms with Gasteiger partial charge in [-0.25, -0.2) is 13.4 Å². The van der Waals surface area contributed by atoms with Crippen LogP contribution in [0, 0.1) is 5.92 Å². The van der Waals surface area contributed by atoms with E-state index in [1.54, 1.807) is 0 Å². The predicted molar refractivity (Wildman–Crippen MR) is 88.9 cm³/mol. The maximum Gasteiger partial charge on any atom is 0.240 e. The highest BCUT2D eigenvalue weighted by molar-refractivity contribution is 7.91. The third-order valence-electron chi connectivity index (χ3n) is 4.27. The molecule has 1 N–H and O–H groups in total. The third-order valence-corrected chi connectivity index (χ3v) is 6.10. The molecule has 1 aliphatic heterocycles. The van der Waals surface area contributed by atoms with Gasteiger partial charge in [-0.3, -0.25) is 4.79 Å². The van der Waals surface area contributed by atoms with Crippen molar-refractivity contribution in [2.45, 2.75) is 26.3 Å². The molecule has 124 valence electrons. The van der Waals surface area contributed by atoms with Gasteiger partial charge in [-0.2, -0.15) is 0 Å². The lowest BCUT2D eigenvalue weighted by molar-refractivity contribution is -0.121. The predicted octanol–water partition coefficient (Wildman–Crippen LogP) is 1.15. The number of hydrogen-bond acceptors (Lipinski definition) is 4. The number of aromatic nitrogens is 2.